The summed E-state index contributed by atoms with van der Waals surface area (Å²) in [7, 11) is 0. The largest absolute Gasteiger partial charge is 0.457 e. The monoisotopic (exact) mass is 446 g/mol. The van der Waals surface area contributed by atoms with Gasteiger partial charge in [0.2, 0.25) is 11.8 Å². The number of carbonyl (C=O) groups excluding carboxylic acids is 4. The first-order valence-electron chi connectivity index (χ1n) is 10.8. The van der Waals surface area contributed by atoms with E-state index in [2.05, 4.69) is 5.32 Å². The van der Waals surface area contributed by atoms with Crippen LogP contribution in [0.25, 0.3) is 0 Å². The Morgan fingerprint density at radius 3 is 2.12 bits per heavy atom. The van der Waals surface area contributed by atoms with Gasteiger partial charge in [-0.1, -0.05) is 30.4 Å². The Kier molecular flexibility index (Phi) is 5.42. The summed E-state index contributed by atoms with van der Waals surface area (Å²) in [6.07, 6.45) is 4.80. The van der Waals surface area contributed by atoms with Crippen molar-refractivity contribution in [3.05, 3.63) is 66.7 Å². The van der Waals surface area contributed by atoms with Gasteiger partial charge in [0, 0.05) is 5.69 Å². The number of benzene rings is 2. The summed E-state index contributed by atoms with van der Waals surface area (Å²) in [4.78, 5) is 50.5. The minimum Gasteiger partial charge on any atom is -0.457 e. The number of allylic oxidation sites excluding steroid dienone is 2. The van der Waals surface area contributed by atoms with Crippen LogP contribution in [0.1, 0.15) is 6.42 Å². The maximum absolute atomic E-state index is 12.6. The second kappa shape index (κ2) is 8.54. The molecule has 2 bridgehead atoms. The van der Waals surface area contributed by atoms with Gasteiger partial charge >= 0.3 is 5.97 Å². The van der Waals surface area contributed by atoms with E-state index in [4.69, 9.17) is 9.47 Å². The van der Waals surface area contributed by atoms with Crippen molar-refractivity contribution in [2.24, 2.45) is 23.7 Å². The van der Waals surface area contributed by atoms with E-state index in [1.165, 1.54) is 0 Å². The molecule has 3 amide bonds. The Morgan fingerprint density at radius 1 is 0.879 bits per heavy atom. The molecule has 0 spiro atoms. The molecular weight excluding hydrogens is 424 g/mol. The third-order valence-corrected chi connectivity index (χ3v) is 6.33. The minimum absolute atomic E-state index is 0.0766. The van der Waals surface area contributed by atoms with Gasteiger partial charge in [0.15, 0.2) is 6.61 Å². The highest BCUT2D eigenvalue weighted by atomic mass is 16.5. The van der Waals surface area contributed by atoms with Gasteiger partial charge in [0.1, 0.15) is 18.0 Å². The second-order valence-electron chi connectivity index (χ2n) is 8.41. The number of nitrogens with one attached hydrogen (secondary N) is 1. The number of hydrogen-bond acceptors (Lipinski definition) is 6. The standard InChI is InChI=1S/C25H22N2O6/c28-20(26-17-8-10-19(11-9-17)33-18-4-2-1-3-5-18)14-32-21(29)13-27-24(30)22-15-6-7-16(12-15)23(22)25(27)31/h1-11,15-16,22-23H,12-14H2,(H,26,28)/t15-,16-,22-,23+/m0/s1. The summed E-state index contributed by atoms with van der Waals surface area (Å²) in [6, 6.07) is 16.0. The summed E-state index contributed by atoms with van der Waals surface area (Å²) in [5.41, 5.74) is 0.511. The number of para-hydroxylation sites is 1. The molecule has 1 saturated carbocycles. The Morgan fingerprint density at radius 2 is 1.48 bits per heavy atom. The molecule has 0 aromatic heterocycles. The minimum atomic E-state index is -0.793. The van der Waals surface area contributed by atoms with Crippen molar-refractivity contribution in [1.82, 2.24) is 4.90 Å². The number of nitrogens with zero attached hydrogens (tertiary/aromatic N) is 1. The molecule has 2 aliphatic carbocycles. The molecule has 2 fully saturated rings. The van der Waals surface area contributed by atoms with Crippen LogP contribution < -0.4 is 10.1 Å². The first kappa shape index (κ1) is 20.9. The van der Waals surface area contributed by atoms with E-state index in [1.54, 1.807) is 24.3 Å². The number of likely N-dealkylation sites (tertiary alicyclic amines) is 1. The number of fused-ring (bicyclic) bond motifs is 5. The predicted molar refractivity (Wildman–Crippen MR) is 117 cm³/mol. The fraction of sp³-hybridized carbons (Fsp3) is 0.280. The molecule has 1 aliphatic heterocycles. The van der Waals surface area contributed by atoms with Crippen molar-refractivity contribution in [2.45, 2.75) is 6.42 Å². The highest BCUT2D eigenvalue weighted by molar-refractivity contribution is 6.08. The van der Waals surface area contributed by atoms with E-state index in [0.717, 1.165) is 11.3 Å². The van der Waals surface area contributed by atoms with Gasteiger partial charge in [-0.15, -0.1) is 0 Å². The van der Waals surface area contributed by atoms with Crippen molar-refractivity contribution < 1.29 is 28.7 Å². The Bertz CT molecular complexity index is 1100. The molecule has 4 atom stereocenters. The topological polar surface area (TPSA) is 102 Å². The van der Waals surface area contributed by atoms with Crippen molar-refractivity contribution in [1.29, 1.82) is 0 Å². The molecule has 1 N–H and O–H groups in total. The van der Waals surface area contributed by atoms with Crippen LogP contribution >= 0.6 is 0 Å². The number of rotatable bonds is 7. The molecule has 168 valence electrons. The maximum Gasteiger partial charge on any atom is 0.326 e. The molecule has 1 heterocycles. The number of hydrogen-bond donors (Lipinski definition) is 1. The van der Waals surface area contributed by atoms with E-state index in [0.29, 0.717) is 17.2 Å². The normalized spacial score (nSPS) is 24.7. The number of esters is 1. The van der Waals surface area contributed by atoms with Gasteiger partial charge in [-0.3, -0.25) is 24.1 Å². The van der Waals surface area contributed by atoms with E-state index >= 15 is 0 Å². The summed E-state index contributed by atoms with van der Waals surface area (Å²) in [5.74, 6) is -1.22. The smallest absolute Gasteiger partial charge is 0.326 e. The Balaban J connectivity index is 1.09. The summed E-state index contributed by atoms with van der Waals surface area (Å²) in [6.45, 7) is -0.986. The zero-order valence-electron chi connectivity index (χ0n) is 17.7. The molecule has 33 heavy (non-hydrogen) atoms. The first-order chi connectivity index (χ1) is 16.0. The fourth-order valence-electron chi connectivity index (χ4n) is 4.87. The van der Waals surface area contributed by atoms with Crippen LogP contribution in [0.4, 0.5) is 5.69 Å². The van der Waals surface area contributed by atoms with E-state index in [9.17, 15) is 19.2 Å². The van der Waals surface area contributed by atoms with Crippen molar-refractivity contribution in [2.75, 3.05) is 18.5 Å². The van der Waals surface area contributed by atoms with Crippen LogP contribution in [0.3, 0.4) is 0 Å². The highest BCUT2D eigenvalue weighted by Gasteiger charge is 2.59. The van der Waals surface area contributed by atoms with Crippen molar-refractivity contribution in [3.8, 4) is 11.5 Å². The van der Waals surface area contributed by atoms with Crippen LogP contribution in [0.15, 0.2) is 66.7 Å². The number of anilines is 1. The lowest BCUT2D eigenvalue weighted by molar-refractivity contribution is -0.154. The zero-order chi connectivity index (χ0) is 22.9. The summed E-state index contributed by atoms with van der Waals surface area (Å²) >= 11 is 0. The predicted octanol–water partition coefficient (Wildman–Crippen LogP) is 2.77. The molecule has 8 nitrogen and oxygen atoms in total. The average molecular weight is 446 g/mol. The lowest BCUT2D eigenvalue weighted by Gasteiger charge is -2.16. The molecule has 2 aromatic rings. The second-order valence-corrected chi connectivity index (χ2v) is 8.41. The van der Waals surface area contributed by atoms with Gasteiger partial charge in [-0.25, -0.2) is 0 Å². The maximum atomic E-state index is 12.6. The third-order valence-electron chi connectivity index (χ3n) is 6.33. The van der Waals surface area contributed by atoms with Crippen LogP contribution in [0.2, 0.25) is 0 Å². The van der Waals surface area contributed by atoms with Crippen LogP contribution in [0.5, 0.6) is 11.5 Å². The quantitative estimate of drug-likeness (QED) is 0.399. The van der Waals surface area contributed by atoms with E-state index < -0.39 is 25.0 Å². The van der Waals surface area contributed by atoms with Crippen molar-refractivity contribution in [3.63, 3.8) is 0 Å². The van der Waals surface area contributed by atoms with Crippen molar-refractivity contribution >= 4 is 29.4 Å². The summed E-state index contributed by atoms with van der Waals surface area (Å²) in [5, 5.41) is 2.62. The summed E-state index contributed by atoms with van der Waals surface area (Å²) < 4.78 is 10.7. The van der Waals surface area contributed by atoms with Crippen LogP contribution in [0, 0.1) is 23.7 Å². The molecule has 1 saturated heterocycles. The van der Waals surface area contributed by atoms with Gasteiger partial charge in [0.25, 0.3) is 5.91 Å². The first-order valence-corrected chi connectivity index (χ1v) is 10.8. The zero-order valence-corrected chi connectivity index (χ0v) is 17.7. The number of imide groups is 1. The number of amides is 3. The van der Waals surface area contributed by atoms with Gasteiger partial charge in [-0.05, 0) is 54.7 Å². The molecule has 0 radical (unpaired) electrons. The Hall–Kier alpha value is -3.94. The lowest BCUT2D eigenvalue weighted by Crippen LogP contribution is -2.38. The molecular formula is C25H22N2O6. The number of carbonyl (C=O) groups is 4. The van der Waals surface area contributed by atoms with Gasteiger partial charge < -0.3 is 14.8 Å². The average Bonchev–Trinajstić information content (AvgIpc) is 3.50. The molecule has 3 aliphatic rings. The molecule has 2 aromatic carbocycles. The van der Waals surface area contributed by atoms with Gasteiger partial charge in [0.05, 0.1) is 11.8 Å². The molecule has 5 rings (SSSR count). The van der Waals surface area contributed by atoms with E-state index in [-0.39, 0.29) is 35.5 Å². The molecule has 0 unspecified atom stereocenters. The van der Waals surface area contributed by atoms with Gasteiger partial charge in [-0.2, -0.15) is 0 Å². The SMILES string of the molecule is O=C(COC(=O)CN1C(=O)[C@@H]2[C@H](C1=O)[C@H]1C=C[C@H]2C1)Nc1ccc(Oc2ccccc2)cc1. The van der Waals surface area contributed by atoms with Crippen LogP contribution in [-0.2, 0) is 23.9 Å². The van der Waals surface area contributed by atoms with Crippen LogP contribution in [-0.4, -0.2) is 41.7 Å². The molecule has 8 heteroatoms. The lowest BCUT2D eigenvalue weighted by atomic mass is 9.85. The highest BCUT2D eigenvalue weighted by Crippen LogP contribution is 2.52. The van der Waals surface area contributed by atoms with E-state index in [1.807, 2.05) is 42.5 Å². The number of ether oxygens (including phenoxy) is 2. The Labute approximate surface area is 190 Å². The third kappa shape index (κ3) is 4.11. The fourth-order valence-corrected chi connectivity index (χ4v) is 4.87.